The summed E-state index contributed by atoms with van der Waals surface area (Å²) in [6.45, 7) is -0.210. The van der Waals surface area contributed by atoms with Crippen LogP contribution < -0.4 is 5.76 Å². The molecule has 144 valence electrons. The first kappa shape index (κ1) is 18.2. The third kappa shape index (κ3) is 3.47. The molecule has 2 aromatic carbocycles. The van der Waals surface area contributed by atoms with Crippen molar-refractivity contribution in [2.24, 2.45) is 0 Å². The first-order valence-corrected chi connectivity index (χ1v) is 9.20. The Bertz CT molecular complexity index is 1060. The highest BCUT2D eigenvalue weighted by molar-refractivity contribution is 5.76. The predicted octanol–water partition coefficient (Wildman–Crippen LogP) is 3.18. The molecule has 1 heterocycles. The molecule has 3 aromatic rings. The molecule has 0 saturated carbocycles. The molecule has 7 heteroatoms. The van der Waals surface area contributed by atoms with E-state index in [0.717, 1.165) is 29.5 Å². The molecule has 0 N–H and O–H groups in total. The second-order valence-corrected chi connectivity index (χ2v) is 6.95. The maximum Gasteiger partial charge on any atom is 0.437 e. The van der Waals surface area contributed by atoms with E-state index in [1.165, 1.54) is 29.8 Å². The maximum absolute atomic E-state index is 13.1. The number of rotatable bonds is 4. The average Bonchev–Trinajstić information content (AvgIpc) is 3.07. The Labute approximate surface area is 161 Å². The first-order chi connectivity index (χ1) is 13.5. The molecule has 0 spiro atoms. The van der Waals surface area contributed by atoms with Crippen LogP contribution >= 0.6 is 0 Å². The highest BCUT2D eigenvalue weighted by Gasteiger charge is 2.27. The Kier molecular flexibility index (Phi) is 4.81. The zero-order valence-electron chi connectivity index (χ0n) is 15.5. The second-order valence-electron chi connectivity index (χ2n) is 6.95. The Morgan fingerprint density at radius 2 is 2.00 bits per heavy atom. The van der Waals surface area contributed by atoms with E-state index in [4.69, 9.17) is 4.42 Å². The lowest BCUT2D eigenvalue weighted by Crippen LogP contribution is -2.37. The van der Waals surface area contributed by atoms with Gasteiger partial charge in [0.1, 0.15) is 12.4 Å². The molecule has 6 nitrogen and oxygen atoms in total. The van der Waals surface area contributed by atoms with Crippen LogP contribution in [0, 0.1) is 5.82 Å². The lowest BCUT2D eigenvalue weighted by molar-refractivity contribution is -0.133. The quantitative estimate of drug-likeness (QED) is 0.696. The number of aromatic nitrogens is 2. The fraction of sp³-hybridized carbons (Fsp3) is 0.286. The molecule has 0 bridgehead atoms. The van der Waals surface area contributed by atoms with Crippen LogP contribution in [0.3, 0.4) is 0 Å². The summed E-state index contributed by atoms with van der Waals surface area (Å²) in [5, 5.41) is 4.09. The lowest BCUT2D eigenvalue weighted by atomic mass is 9.87. The van der Waals surface area contributed by atoms with Gasteiger partial charge in [0.25, 0.3) is 0 Å². The standard InChI is InChI=1S/C21H20FN3O3/c1-24(18-8-4-6-14-5-2-3-7-17(14)18)19(26)13-25-21(27)28-20(23-25)15-9-11-16(22)12-10-15/h2-3,5,7,9-12,18H,4,6,8,13H2,1H3/t18-/m1/s1. The second kappa shape index (κ2) is 7.42. The minimum atomic E-state index is -0.717. The number of aryl methyl sites for hydroxylation is 1. The van der Waals surface area contributed by atoms with E-state index in [0.29, 0.717) is 5.56 Å². The largest absolute Gasteiger partial charge is 0.437 e. The van der Waals surface area contributed by atoms with Crippen molar-refractivity contribution in [2.45, 2.75) is 31.8 Å². The molecule has 1 amide bonds. The summed E-state index contributed by atoms with van der Waals surface area (Å²) in [7, 11) is 1.75. The summed E-state index contributed by atoms with van der Waals surface area (Å²) in [6.07, 6.45) is 2.91. The van der Waals surface area contributed by atoms with E-state index >= 15 is 0 Å². The summed E-state index contributed by atoms with van der Waals surface area (Å²) in [5.41, 5.74) is 2.89. The van der Waals surface area contributed by atoms with Crippen LogP contribution in [0.2, 0.25) is 0 Å². The molecule has 1 atom stereocenters. The third-order valence-corrected chi connectivity index (χ3v) is 5.18. The summed E-state index contributed by atoms with van der Waals surface area (Å²) < 4.78 is 19.2. The number of benzene rings is 2. The van der Waals surface area contributed by atoms with Crippen LogP contribution in [0.1, 0.15) is 30.0 Å². The number of hydrogen-bond donors (Lipinski definition) is 0. The maximum atomic E-state index is 13.1. The van der Waals surface area contributed by atoms with Crippen LogP contribution in [0.4, 0.5) is 4.39 Å². The molecular formula is C21H20FN3O3. The van der Waals surface area contributed by atoms with Gasteiger partial charge in [0.15, 0.2) is 0 Å². The smallest absolute Gasteiger partial charge is 0.388 e. The van der Waals surface area contributed by atoms with Crippen molar-refractivity contribution in [2.75, 3.05) is 7.05 Å². The van der Waals surface area contributed by atoms with Gasteiger partial charge >= 0.3 is 5.76 Å². The van der Waals surface area contributed by atoms with Gasteiger partial charge in [-0.1, -0.05) is 24.3 Å². The minimum Gasteiger partial charge on any atom is -0.388 e. The summed E-state index contributed by atoms with van der Waals surface area (Å²) in [6, 6.07) is 13.6. The van der Waals surface area contributed by atoms with E-state index in [2.05, 4.69) is 17.2 Å². The van der Waals surface area contributed by atoms with Crippen molar-refractivity contribution >= 4 is 5.91 Å². The fourth-order valence-corrected chi connectivity index (χ4v) is 3.66. The molecule has 4 rings (SSSR count). The summed E-state index contributed by atoms with van der Waals surface area (Å²) in [5.74, 6) is -1.27. The predicted molar refractivity (Wildman–Crippen MR) is 101 cm³/mol. The van der Waals surface area contributed by atoms with Crippen molar-refractivity contribution in [3.8, 4) is 11.5 Å². The first-order valence-electron chi connectivity index (χ1n) is 9.20. The van der Waals surface area contributed by atoms with Crippen LogP contribution in [-0.4, -0.2) is 27.6 Å². The number of hydrogen-bond acceptors (Lipinski definition) is 4. The van der Waals surface area contributed by atoms with E-state index in [1.54, 1.807) is 11.9 Å². The SMILES string of the molecule is CN(C(=O)Cn1nc(-c2ccc(F)cc2)oc1=O)[C@@H]1CCCc2ccccc21. The zero-order chi connectivity index (χ0) is 19.7. The molecule has 1 aromatic heterocycles. The molecule has 0 unspecified atom stereocenters. The van der Waals surface area contributed by atoms with Crippen LogP contribution in [0.15, 0.2) is 57.7 Å². The fourth-order valence-electron chi connectivity index (χ4n) is 3.66. The molecular weight excluding hydrogens is 361 g/mol. The number of amides is 1. The Morgan fingerprint density at radius 1 is 1.25 bits per heavy atom. The summed E-state index contributed by atoms with van der Waals surface area (Å²) >= 11 is 0. The molecule has 0 aliphatic heterocycles. The van der Waals surface area contributed by atoms with Gasteiger partial charge in [-0.3, -0.25) is 4.79 Å². The number of carbonyl (C=O) groups excluding carboxylic acids is 1. The Balaban J connectivity index is 1.53. The van der Waals surface area contributed by atoms with E-state index < -0.39 is 11.6 Å². The van der Waals surface area contributed by atoms with E-state index in [-0.39, 0.29) is 24.4 Å². The van der Waals surface area contributed by atoms with E-state index in [9.17, 15) is 14.0 Å². The zero-order valence-corrected chi connectivity index (χ0v) is 15.5. The van der Waals surface area contributed by atoms with Gasteiger partial charge in [0.2, 0.25) is 11.8 Å². The molecule has 0 fully saturated rings. The summed E-state index contributed by atoms with van der Waals surface area (Å²) in [4.78, 5) is 26.6. The number of carbonyl (C=O) groups is 1. The third-order valence-electron chi connectivity index (χ3n) is 5.18. The van der Waals surface area contributed by atoms with Crippen molar-refractivity contribution in [3.63, 3.8) is 0 Å². The van der Waals surface area contributed by atoms with Gasteiger partial charge in [-0.25, -0.2) is 9.18 Å². The van der Waals surface area contributed by atoms with Crippen molar-refractivity contribution < 1.29 is 13.6 Å². The Hall–Kier alpha value is -3.22. The van der Waals surface area contributed by atoms with Crippen LogP contribution in [-0.2, 0) is 17.8 Å². The number of nitrogens with zero attached hydrogens (tertiary/aromatic N) is 3. The van der Waals surface area contributed by atoms with Gasteiger partial charge in [0, 0.05) is 12.6 Å². The van der Waals surface area contributed by atoms with Crippen molar-refractivity contribution in [1.82, 2.24) is 14.7 Å². The van der Waals surface area contributed by atoms with Crippen LogP contribution in [0.5, 0.6) is 0 Å². The molecule has 1 aliphatic rings. The lowest BCUT2D eigenvalue weighted by Gasteiger charge is -2.33. The molecule has 1 aliphatic carbocycles. The van der Waals surface area contributed by atoms with Gasteiger partial charge in [-0.15, -0.1) is 5.10 Å². The van der Waals surface area contributed by atoms with Gasteiger partial charge in [0.05, 0.1) is 6.04 Å². The molecule has 0 saturated heterocycles. The van der Waals surface area contributed by atoms with Gasteiger partial charge in [-0.05, 0) is 54.7 Å². The topological polar surface area (TPSA) is 68.3 Å². The van der Waals surface area contributed by atoms with Crippen molar-refractivity contribution in [3.05, 3.63) is 76.0 Å². The van der Waals surface area contributed by atoms with Crippen molar-refractivity contribution in [1.29, 1.82) is 0 Å². The number of likely N-dealkylation sites (N-methyl/N-ethyl adjacent to an activating group) is 1. The molecule has 28 heavy (non-hydrogen) atoms. The normalized spacial score (nSPS) is 15.9. The average molecular weight is 381 g/mol. The van der Waals surface area contributed by atoms with Gasteiger partial charge < -0.3 is 9.32 Å². The van der Waals surface area contributed by atoms with Gasteiger partial charge in [-0.2, -0.15) is 4.68 Å². The van der Waals surface area contributed by atoms with Crippen LogP contribution in [0.25, 0.3) is 11.5 Å². The Morgan fingerprint density at radius 3 is 2.79 bits per heavy atom. The minimum absolute atomic E-state index is 0.0170. The molecule has 0 radical (unpaired) electrons. The number of fused-ring (bicyclic) bond motifs is 1. The highest BCUT2D eigenvalue weighted by Crippen LogP contribution is 2.33. The monoisotopic (exact) mass is 381 g/mol. The highest BCUT2D eigenvalue weighted by atomic mass is 19.1. The number of halogens is 1. The van der Waals surface area contributed by atoms with E-state index in [1.807, 2.05) is 12.1 Å².